The summed E-state index contributed by atoms with van der Waals surface area (Å²) in [4.78, 5) is 3.77. The molecule has 1 fully saturated rings. The van der Waals surface area contributed by atoms with E-state index >= 15 is 0 Å². The third kappa shape index (κ3) is 2.55. The molecular weight excluding hydrogens is 232 g/mol. The van der Waals surface area contributed by atoms with Gasteiger partial charge in [0.05, 0.1) is 13.2 Å². The van der Waals surface area contributed by atoms with Crippen molar-refractivity contribution in [2.45, 2.75) is 32.4 Å². The van der Waals surface area contributed by atoms with E-state index in [4.69, 9.17) is 10.5 Å². The molecule has 0 aromatic carbocycles. The van der Waals surface area contributed by atoms with Gasteiger partial charge in [-0.15, -0.1) is 11.3 Å². The van der Waals surface area contributed by atoms with Gasteiger partial charge in [-0.1, -0.05) is 0 Å². The molecule has 0 radical (unpaired) electrons. The lowest BCUT2D eigenvalue weighted by Crippen LogP contribution is -2.55. The van der Waals surface area contributed by atoms with Gasteiger partial charge in [0.25, 0.3) is 0 Å². The van der Waals surface area contributed by atoms with E-state index in [-0.39, 0.29) is 11.6 Å². The van der Waals surface area contributed by atoms with Crippen LogP contribution in [0.1, 0.15) is 30.3 Å². The van der Waals surface area contributed by atoms with E-state index in [9.17, 15) is 0 Å². The first-order valence-corrected chi connectivity index (χ1v) is 7.04. The Morgan fingerprint density at radius 3 is 2.59 bits per heavy atom. The molecule has 3 nitrogen and oxygen atoms in total. The number of hydrogen-bond donors (Lipinski definition) is 1. The molecule has 0 saturated carbocycles. The van der Waals surface area contributed by atoms with Crippen molar-refractivity contribution < 1.29 is 4.74 Å². The van der Waals surface area contributed by atoms with Crippen molar-refractivity contribution in [1.29, 1.82) is 0 Å². The van der Waals surface area contributed by atoms with Gasteiger partial charge < -0.3 is 10.5 Å². The molecule has 1 unspecified atom stereocenters. The van der Waals surface area contributed by atoms with E-state index in [0.29, 0.717) is 0 Å². The summed E-state index contributed by atoms with van der Waals surface area (Å²) in [5, 5.41) is 2.12. The molecule has 1 aromatic rings. The SMILES string of the molecule is Cc1sccc1C(N)C(C)(C)N1CCOCC1. The molecule has 0 bridgehead atoms. The number of ether oxygens (including phenoxy) is 1. The molecule has 0 amide bonds. The van der Waals surface area contributed by atoms with Crippen LogP contribution in [0.3, 0.4) is 0 Å². The molecule has 2 rings (SSSR count). The standard InChI is InChI=1S/C13H22N2OS/c1-10-11(4-9-17-10)12(14)13(2,3)15-5-7-16-8-6-15/h4,9,12H,5-8,14H2,1-3H3. The Balaban J connectivity index is 2.16. The van der Waals surface area contributed by atoms with Crippen molar-refractivity contribution in [3.63, 3.8) is 0 Å². The fourth-order valence-electron chi connectivity index (χ4n) is 2.43. The van der Waals surface area contributed by atoms with Gasteiger partial charge in [0, 0.05) is 29.5 Å². The Kier molecular flexibility index (Phi) is 3.88. The van der Waals surface area contributed by atoms with E-state index in [1.54, 1.807) is 11.3 Å². The van der Waals surface area contributed by atoms with E-state index in [1.807, 2.05) is 0 Å². The summed E-state index contributed by atoms with van der Waals surface area (Å²) in [6, 6.07) is 2.22. The Morgan fingerprint density at radius 2 is 2.06 bits per heavy atom. The second kappa shape index (κ2) is 5.06. The molecule has 1 saturated heterocycles. The van der Waals surface area contributed by atoms with Crippen LogP contribution in [0.4, 0.5) is 0 Å². The molecule has 1 aliphatic heterocycles. The number of nitrogens with zero attached hydrogens (tertiary/aromatic N) is 1. The number of nitrogens with two attached hydrogens (primary N) is 1. The number of morpholine rings is 1. The largest absolute Gasteiger partial charge is 0.379 e. The number of thiophene rings is 1. The monoisotopic (exact) mass is 254 g/mol. The zero-order chi connectivity index (χ0) is 12.5. The summed E-state index contributed by atoms with van der Waals surface area (Å²) in [6.45, 7) is 10.2. The van der Waals surface area contributed by atoms with Crippen LogP contribution in [-0.2, 0) is 4.74 Å². The molecule has 2 N–H and O–H groups in total. The number of rotatable bonds is 3. The van der Waals surface area contributed by atoms with Crippen LogP contribution in [0.15, 0.2) is 11.4 Å². The molecule has 96 valence electrons. The fourth-order valence-corrected chi connectivity index (χ4v) is 3.18. The van der Waals surface area contributed by atoms with Gasteiger partial charge in [-0.25, -0.2) is 0 Å². The minimum absolute atomic E-state index is 0.0182. The molecule has 1 aliphatic rings. The van der Waals surface area contributed by atoms with Crippen LogP contribution >= 0.6 is 11.3 Å². The predicted octanol–water partition coefficient (Wildman–Crippen LogP) is 2.17. The normalized spacial score (nSPS) is 20.5. The molecule has 0 aliphatic carbocycles. The van der Waals surface area contributed by atoms with Crippen LogP contribution in [0, 0.1) is 6.92 Å². The van der Waals surface area contributed by atoms with Crippen molar-refractivity contribution in [1.82, 2.24) is 4.90 Å². The third-order valence-corrected chi connectivity index (χ3v) is 4.68. The Hall–Kier alpha value is -0.420. The van der Waals surface area contributed by atoms with E-state index in [1.165, 1.54) is 10.4 Å². The van der Waals surface area contributed by atoms with Gasteiger partial charge in [-0.3, -0.25) is 4.90 Å². The maximum absolute atomic E-state index is 6.47. The third-order valence-electron chi connectivity index (χ3n) is 3.82. The lowest BCUT2D eigenvalue weighted by molar-refractivity contribution is -0.0190. The summed E-state index contributed by atoms with van der Waals surface area (Å²) in [7, 11) is 0. The predicted molar refractivity (Wildman–Crippen MR) is 72.5 cm³/mol. The second-order valence-electron chi connectivity index (χ2n) is 5.16. The highest BCUT2D eigenvalue weighted by Gasteiger charge is 2.35. The molecule has 1 aromatic heterocycles. The van der Waals surface area contributed by atoms with E-state index in [2.05, 4.69) is 37.1 Å². The van der Waals surface area contributed by atoms with Crippen molar-refractivity contribution in [2.24, 2.45) is 5.73 Å². The Labute approximate surface area is 108 Å². The Morgan fingerprint density at radius 1 is 1.41 bits per heavy atom. The van der Waals surface area contributed by atoms with Crippen molar-refractivity contribution in [3.05, 3.63) is 21.9 Å². The zero-order valence-electron chi connectivity index (χ0n) is 10.9. The molecule has 0 spiro atoms. The van der Waals surface area contributed by atoms with E-state index in [0.717, 1.165) is 26.3 Å². The summed E-state index contributed by atoms with van der Waals surface area (Å²) in [5.41, 5.74) is 7.74. The van der Waals surface area contributed by atoms with Crippen molar-refractivity contribution in [2.75, 3.05) is 26.3 Å². The maximum atomic E-state index is 6.47. The van der Waals surface area contributed by atoms with Gasteiger partial charge in [0.1, 0.15) is 0 Å². The first-order chi connectivity index (χ1) is 8.03. The molecule has 2 heterocycles. The topological polar surface area (TPSA) is 38.5 Å². The molecule has 17 heavy (non-hydrogen) atoms. The maximum Gasteiger partial charge on any atom is 0.0594 e. The highest BCUT2D eigenvalue weighted by atomic mass is 32.1. The van der Waals surface area contributed by atoms with Crippen LogP contribution in [0.25, 0.3) is 0 Å². The van der Waals surface area contributed by atoms with Gasteiger partial charge in [0.15, 0.2) is 0 Å². The summed E-state index contributed by atoms with van der Waals surface area (Å²) < 4.78 is 5.41. The first kappa shape index (κ1) is 13.0. The summed E-state index contributed by atoms with van der Waals surface area (Å²) in [6.07, 6.45) is 0. The number of aryl methyl sites for hydroxylation is 1. The lowest BCUT2D eigenvalue weighted by atomic mass is 9.87. The van der Waals surface area contributed by atoms with Gasteiger partial charge in [-0.05, 0) is 37.8 Å². The zero-order valence-corrected chi connectivity index (χ0v) is 11.7. The average Bonchev–Trinajstić information content (AvgIpc) is 2.75. The Bertz CT molecular complexity index is 369. The van der Waals surface area contributed by atoms with E-state index < -0.39 is 0 Å². The van der Waals surface area contributed by atoms with Crippen LogP contribution < -0.4 is 5.73 Å². The smallest absolute Gasteiger partial charge is 0.0594 e. The molecule has 4 heteroatoms. The minimum atomic E-state index is -0.0182. The van der Waals surface area contributed by atoms with Gasteiger partial charge in [0.2, 0.25) is 0 Å². The van der Waals surface area contributed by atoms with Crippen LogP contribution in [-0.4, -0.2) is 36.7 Å². The lowest BCUT2D eigenvalue weighted by Gasteiger charge is -2.44. The first-order valence-electron chi connectivity index (χ1n) is 6.16. The van der Waals surface area contributed by atoms with Gasteiger partial charge in [-0.2, -0.15) is 0 Å². The fraction of sp³-hybridized carbons (Fsp3) is 0.692. The van der Waals surface area contributed by atoms with Crippen molar-refractivity contribution in [3.8, 4) is 0 Å². The van der Waals surface area contributed by atoms with Crippen LogP contribution in [0.2, 0.25) is 0 Å². The minimum Gasteiger partial charge on any atom is -0.379 e. The summed E-state index contributed by atoms with van der Waals surface area (Å²) in [5.74, 6) is 0. The number of hydrogen-bond acceptors (Lipinski definition) is 4. The summed E-state index contributed by atoms with van der Waals surface area (Å²) >= 11 is 1.77. The van der Waals surface area contributed by atoms with Crippen LogP contribution in [0.5, 0.6) is 0 Å². The highest BCUT2D eigenvalue weighted by molar-refractivity contribution is 7.10. The average molecular weight is 254 g/mol. The highest BCUT2D eigenvalue weighted by Crippen LogP contribution is 2.33. The van der Waals surface area contributed by atoms with Crippen molar-refractivity contribution >= 4 is 11.3 Å². The van der Waals surface area contributed by atoms with Gasteiger partial charge >= 0.3 is 0 Å². The molecule has 1 atom stereocenters. The molecular formula is C13H22N2OS. The quantitative estimate of drug-likeness (QED) is 0.898. The second-order valence-corrected chi connectivity index (χ2v) is 6.28.